The zero-order valence-electron chi connectivity index (χ0n) is 10.1. The van der Waals surface area contributed by atoms with Gasteiger partial charge in [0.05, 0.1) is 6.42 Å². The molecular formula is C14H13ClN2O. The number of aromatic nitrogens is 2. The van der Waals surface area contributed by atoms with Crippen LogP contribution in [0.3, 0.4) is 0 Å². The average Bonchev–Trinajstić information content (AvgIpc) is 2.39. The van der Waals surface area contributed by atoms with Gasteiger partial charge >= 0.3 is 0 Å². The molecule has 0 aliphatic carbocycles. The van der Waals surface area contributed by atoms with E-state index in [1.165, 1.54) is 6.20 Å². The van der Waals surface area contributed by atoms with Crippen LogP contribution in [0.2, 0.25) is 5.15 Å². The first-order chi connectivity index (χ1) is 8.69. The molecule has 0 saturated heterocycles. The number of rotatable bonds is 4. The van der Waals surface area contributed by atoms with Gasteiger partial charge in [0.2, 0.25) is 0 Å². The van der Waals surface area contributed by atoms with Gasteiger partial charge in [-0.15, -0.1) is 0 Å². The number of carbonyl (C=O) groups excluding carboxylic acids is 1. The van der Waals surface area contributed by atoms with Crippen LogP contribution in [0.25, 0.3) is 0 Å². The van der Waals surface area contributed by atoms with Crippen molar-refractivity contribution < 1.29 is 4.79 Å². The Labute approximate surface area is 111 Å². The molecule has 0 aliphatic heterocycles. The van der Waals surface area contributed by atoms with Gasteiger partial charge < -0.3 is 0 Å². The van der Waals surface area contributed by atoms with E-state index >= 15 is 0 Å². The average molecular weight is 261 g/mol. The maximum Gasteiger partial charge on any atom is 0.168 e. The number of hydrogen-bond acceptors (Lipinski definition) is 3. The van der Waals surface area contributed by atoms with E-state index in [1.807, 2.05) is 18.3 Å². The summed E-state index contributed by atoms with van der Waals surface area (Å²) in [6.07, 6.45) is 4.57. The smallest absolute Gasteiger partial charge is 0.168 e. The van der Waals surface area contributed by atoms with Crippen molar-refractivity contribution in [3.63, 3.8) is 0 Å². The van der Waals surface area contributed by atoms with Gasteiger partial charge in [0, 0.05) is 23.7 Å². The van der Waals surface area contributed by atoms with Crippen molar-refractivity contribution in [1.29, 1.82) is 0 Å². The Morgan fingerprint density at radius 3 is 2.72 bits per heavy atom. The van der Waals surface area contributed by atoms with Crippen molar-refractivity contribution in [2.75, 3.05) is 0 Å². The maximum absolute atomic E-state index is 12.0. The molecule has 2 heterocycles. The molecule has 3 nitrogen and oxygen atoms in total. The predicted octanol–water partition coefficient (Wildman–Crippen LogP) is 3.12. The third kappa shape index (κ3) is 3.14. The zero-order valence-corrected chi connectivity index (χ0v) is 10.8. The number of Topliss-reactive ketones (excluding diaryl/α,β-unsaturated/α-hetero) is 1. The summed E-state index contributed by atoms with van der Waals surface area (Å²) in [6.45, 7) is 2.07. The first-order valence-electron chi connectivity index (χ1n) is 5.77. The second-order valence-corrected chi connectivity index (χ2v) is 4.37. The van der Waals surface area contributed by atoms with Crippen molar-refractivity contribution in [1.82, 2.24) is 9.97 Å². The van der Waals surface area contributed by atoms with Crippen molar-refractivity contribution in [2.45, 2.75) is 19.8 Å². The van der Waals surface area contributed by atoms with E-state index in [0.717, 1.165) is 17.7 Å². The lowest BCUT2D eigenvalue weighted by Gasteiger charge is -2.02. The van der Waals surface area contributed by atoms with Gasteiger partial charge in [-0.3, -0.25) is 9.78 Å². The van der Waals surface area contributed by atoms with Gasteiger partial charge in [0.25, 0.3) is 0 Å². The summed E-state index contributed by atoms with van der Waals surface area (Å²) >= 11 is 5.75. The highest BCUT2D eigenvalue weighted by Gasteiger charge is 2.08. The standard InChI is InChI=1S/C14H13ClN2O/c1-2-10-3-4-12(17-9-10)8-13(18)11-5-6-16-14(15)7-11/h3-7,9H,2,8H2,1H3. The van der Waals surface area contributed by atoms with Crippen LogP contribution in [0.1, 0.15) is 28.5 Å². The summed E-state index contributed by atoms with van der Waals surface area (Å²) in [5.41, 5.74) is 2.50. The van der Waals surface area contributed by atoms with E-state index in [0.29, 0.717) is 10.7 Å². The lowest BCUT2D eigenvalue weighted by Crippen LogP contribution is -2.05. The van der Waals surface area contributed by atoms with E-state index in [-0.39, 0.29) is 12.2 Å². The van der Waals surface area contributed by atoms with Gasteiger partial charge in [0.1, 0.15) is 5.15 Å². The van der Waals surface area contributed by atoms with Crippen molar-refractivity contribution in [3.8, 4) is 0 Å². The van der Waals surface area contributed by atoms with E-state index in [1.54, 1.807) is 12.1 Å². The molecule has 2 aromatic heterocycles. The fourth-order valence-corrected chi connectivity index (χ4v) is 1.79. The third-order valence-electron chi connectivity index (χ3n) is 2.68. The molecule has 0 bridgehead atoms. The van der Waals surface area contributed by atoms with Crippen molar-refractivity contribution in [3.05, 3.63) is 58.6 Å². The Kier molecular flexibility index (Phi) is 4.05. The molecule has 0 amide bonds. The monoisotopic (exact) mass is 260 g/mol. The van der Waals surface area contributed by atoms with E-state index in [2.05, 4.69) is 16.9 Å². The number of ketones is 1. The molecule has 0 saturated carbocycles. The van der Waals surface area contributed by atoms with Crippen LogP contribution in [0.15, 0.2) is 36.7 Å². The lowest BCUT2D eigenvalue weighted by molar-refractivity contribution is 0.0992. The Morgan fingerprint density at radius 1 is 1.28 bits per heavy atom. The highest BCUT2D eigenvalue weighted by atomic mass is 35.5. The first-order valence-corrected chi connectivity index (χ1v) is 6.15. The largest absolute Gasteiger partial charge is 0.294 e. The van der Waals surface area contributed by atoms with Crippen molar-refractivity contribution in [2.24, 2.45) is 0 Å². The van der Waals surface area contributed by atoms with Crippen LogP contribution in [0.5, 0.6) is 0 Å². The molecule has 0 radical (unpaired) electrons. The first kappa shape index (κ1) is 12.7. The molecule has 92 valence electrons. The minimum Gasteiger partial charge on any atom is -0.294 e. The van der Waals surface area contributed by atoms with Crippen molar-refractivity contribution >= 4 is 17.4 Å². The van der Waals surface area contributed by atoms with Crippen LogP contribution in [0, 0.1) is 0 Å². The van der Waals surface area contributed by atoms with Crippen LogP contribution in [0.4, 0.5) is 0 Å². The Bertz CT molecular complexity index is 552. The minimum atomic E-state index is -0.00366. The number of aryl methyl sites for hydroxylation is 1. The second kappa shape index (κ2) is 5.74. The lowest BCUT2D eigenvalue weighted by atomic mass is 10.1. The van der Waals surface area contributed by atoms with Crippen LogP contribution in [-0.4, -0.2) is 15.8 Å². The molecule has 2 rings (SSSR count). The normalized spacial score (nSPS) is 10.3. The fraction of sp³-hybridized carbons (Fsp3) is 0.214. The van der Waals surface area contributed by atoms with Crippen LogP contribution >= 0.6 is 11.6 Å². The summed E-state index contributed by atoms with van der Waals surface area (Å²) in [5.74, 6) is -0.00366. The quantitative estimate of drug-likeness (QED) is 0.627. The van der Waals surface area contributed by atoms with Gasteiger partial charge in [-0.1, -0.05) is 24.6 Å². The summed E-state index contributed by atoms with van der Waals surface area (Å²) in [7, 11) is 0. The topological polar surface area (TPSA) is 42.9 Å². The number of nitrogens with zero attached hydrogens (tertiary/aromatic N) is 2. The number of carbonyl (C=O) groups is 1. The summed E-state index contributed by atoms with van der Waals surface area (Å²) in [5, 5.41) is 0.329. The number of pyridine rings is 2. The predicted molar refractivity (Wildman–Crippen MR) is 70.9 cm³/mol. The third-order valence-corrected chi connectivity index (χ3v) is 2.89. The molecule has 0 aromatic carbocycles. The van der Waals surface area contributed by atoms with E-state index in [9.17, 15) is 4.79 Å². The molecule has 0 fully saturated rings. The van der Waals surface area contributed by atoms with Gasteiger partial charge in [-0.05, 0) is 30.2 Å². The minimum absolute atomic E-state index is 0.00366. The van der Waals surface area contributed by atoms with Gasteiger partial charge in [0.15, 0.2) is 5.78 Å². The molecule has 2 aromatic rings. The second-order valence-electron chi connectivity index (χ2n) is 3.98. The number of halogens is 1. The molecule has 0 N–H and O–H groups in total. The molecule has 4 heteroatoms. The Hall–Kier alpha value is -1.74. The SMILES string of the molecule is CCc1ccc(CC(=O)c2ccnc(Cl)c2)nc1. The molecule has 18 heavy (non-hydrogen) atoms. The summed E-state index contributed by atoms with van der Waals surface area (Å²) in [4.78, 5) is 20.1. The molecule has 0 spiro atoms. The highest BCUT2D eigenvalue weighted by molar-refractivity contribution is 6.29. The summed E-state index contributed by atoms with van der Waals surface area (Å²) in [6, 6.07) is 7.12. The fourth-order valence-electron chi connectivity index (χ4n) is 1.61. The van der Waals surface area contributed by atoms with Crippen LogP contribution in [-0.2, 0) is 12.8 Å². The molecule has 0 unspecified atom stereocenters. The van der Waals surface area contributed by atoms with E-state index in [4.69, 9.17) is 11.6 Å². The molecule has 0 aliphatic rings. The number of hydrogen-bond donors (Lipinski definition) is 0. The summed E-state index contributed by atoms with van der Waals surface area (Å²) < 4.78 is 0. The van der Waals surface area contributed by atoms with E-state index < -0.39 is 0 Å². The zero-order chi connectivity index (χ0) is 13.0. The molecule has 0 atom stereocenters. The van der Waals surface area contributed by atoms with Gasteiger partial charge in [-0.25, -0.2) is 4.98 Å². The van der Waals surface area contributed by atoms with Crippen LogP contribution < -0.4 is 0 Å². The highest BCUT2D eigenvalue weighted by Crippen LogP contribution is 2.10. The molecular weight excluding hydrogens is 248 g/mol. The van der Waals surface area contributed by atoms with Gasteiger partial charge in [-0.2, -0.15) is 0 Å². The maximum atomic E-state index is 12.0. The Balaban J connectivity index is 2.11. The Morgan fingerprint density at radius 2 is 2.11 bits per heavy atom.